The molecular weight excluding hydrogens is 349 g/mol. The number of nitrogens with zero attached hydrogens (tertiary/aromatic N) is 4. The summed E-state index contributed by atoms with van der Waals surface area (Å²) in [6.45, 7) is 7.01. The maximum Gasteiger partial charge on any atom is 0.253 e. The lowest BCUT2D eigenvalue weighted by molar-refractivity contribution is -0.145. The average molecular weight is 370 g/mol. The van der Waals surface area contributed by atoms with Gasteiger partial charge in [-0.1, -0.05) is 0 Å². The van der Waals surface area contributed by atoms with Gasteiger partial charge in [-0.2, -0.15) is 4.37 Å². The molecule has 2 fully saturated rings. The molecule has 7 nitrogen and oxygen atoms in total. The van der Waals surface area contributed by atoms with E-state index in [0.717, 1.165) is 43.7 Å². The third kappa shape index (κ3) is 4.42. The smallest absolute Gasteiger partial charge is 0.253 e. The van der Waals surface area contributed by atoms with Crippen molar-refractivity contribution in [2.24, 2.45) is 0 Å². The highest BCUT2D eigenvalue weighted by molar-refractivity contribution is 7.09. The minimum atomic E-state index is -0.320. The van der Waals surface area contributed by atoms with E-state index in [1.807, 2.05) is 11.8 Å². The third-order valence-electron chi connectivity index (χ3n) is 3.58. The second-order valence-corrected chi connectivity index (χ2v) is 5.73. The molecule has 2 aliphatic rings. The Bertz CT molecular complexity index is 476. The summed E-state index contributed by atoms with van der Waals surface area (Å²) in [5.41, 5.74) is 0. The van der Waals surface area contributed by atoms with Gasteiger partial charge < -0.3 is 19.9 Å². The largest absolute Gasteiger partial charge is 0.366 e. The molecule has 1 aromatic heterocycles. The predicted molar refractivity (Wildman–Crippen MR) is 90.5 cm³/mol. The summed E-state index contributed by atoms with van der Waals surface area (Å²) in [4.78, 5) is 20.8. The summed E-state index contributed by atoms with van der Waals surface area (Å²) >= 11 is 1.42. The van der Waals surface area contributed by atoms with Crippen molar-refractivity contribution in [3.8, 4) is 0 Å². The molecule has 10 heteroatoms. The normalized spacial score (nSPS) is 21.8. The minimum Gasteiger partial charge on any atom is -0.366 e. The first-order valence-electron chi connectivity index (χ1n) is 6.90. The fourth-order valence-electron chi connectivity index (χ4n) is 2.46. The van der Waals surface area contributed by atoms with Gasteiger partial charge in [0.2, 0.25) is 5.13 Å². The van der Waals surface area contributed by atoms with Crippen LogP contribution in [-0.4, -0.2) is 72.1 Å². The zero-order chi connectivity index (χ0) is 13.9. The first-order valence-corrected chi connectivity index (χ1v) is 7.68. The molecule has 1 aromatic rings. The van der Waals surface area contributed by atoms with Gasteiger partial charge in [-0.05, 0) is 6.92 Å². The van der Waals surface area contributed by atoms with Crippen molar-refractivity contribution in [2.75, 3.05) is 50.8 Å². The Morgan fingerprint density at radius 2 is 2.05 bits per heavy atom. The van der Waals surface area contributed by atoms with E-state index in [1.54, 1.807) is 0 Å². The Hall–Kier alpha value is -0.670. The van der Waals surface area contributed by atoms with E-state index < -0.39 is 0 Å². The molecule has 3 rings (SSSR count). The molecule has 1 unspecified atom stereocenters. The van der Waals surface area contributed by atoms with Crippen molar-refractivity contribution >= 4 is 47.4 Å². The Labute approximate surface area is 146 Å². The van der Waals surface area contributed by atoms with Crippen molar-refractivity contribution < 1.29 is 9.53 Å². The van der Waals surface area contributed by atoms with Crippen LogP contribution >= 0.6 is 36.3 Å². The Morgan fingerprint density at radius 3 is 2.59 bits per heavy atom. The fraction of sp³-hybridized carbons (Fsp3) is 0.750. The number of hydrogen-bond acceptors (Lipinski definition) is 7. The van der Waals surface area contributed by atoms with E-state index in [1.165, 1.54) is 11.5 Å². The van der Waals surface area contributed by atoms with E-state index in [0.29, 0.717) is 13.2 Å². The number of hydrogen-bond donors (Lipinski definition) is 1. The summed E-state index contributed by atoms with van der Waals surface area (Å²) in [7, 11) is 0. The van der Waals surface area contributed by atoms with Crippen molar-refractivity contribution in [3.63, 3.8) is 0 Å². The SMILES string of the molecule is Cc1nsc(N2CCN(C(=O)C3CNCCO3)CC2)n1.Cl.Cl. The number of anilines is 1. The highest BCUT2D eigenvalue weighted by Gasteiger charge is 2.29. The van der Waals surface area contributed by atoms with Crippen LogP contribution in [0, 0.1) is 6.92 Å². The molecule has 0 aromatic carbocycles. The number of ether oxygens (including phenoxy) is 1. The van der Waals surface area contributed by atoms with Crippen LogP contribution in [0.25, 0.3) is 0 Å². The molecule has 126 valence electrons. The molecule has 0 aliphatic carbocycles. The van der Waals surface area contributed by atoms with Crippen LogP contribution in [0.4, 0.5) is 5.13 Å². The first kappa shape index (κ1) is 19.4. The van der Waals surface area contributed by atoms with Gasteiger partial charge in [-0.3, -0.25) is 4.79 Å². The highest BCUT2D eigenvalue weighted by atomic mass is 35.5. The molecule has 1 amide bonds. The number of amides is 1. The monoisotopic (exact) mass is 369 g/mol. The van der Waals surface area contributed by atoms with Crippen LogP contribution in [0.5, 0.6) is 0 Å². The van der Waals surface area contributed by atoms with Gasteiger partial charge in [0.15, 0.2) is 0 Å². The fourth-order valence-corrected chi connectivity index (χ4v) is 3.19. The van der Waals surface area contributed by atoms with Gasteiger partial charge in [0, 0.05) is 50.8 Å². The van der Waals surface area contributed by atoms with Crippen LogP contribution in [0.1, 0.15) is 5.82 Å². The van der Waals surface area contributed by atoms with Gasteiger partial charge in [0.1, 0.15) is 11.9 Å². The maximum atomic E-state index is 12.3. The van der Waals surface area contributed by atoms with Gasteiger partial charge in [0.05, 0.1) is 6.61 Å². The van der Waals surface area contributed by atoms with Crippen LogP contribution < -0.4 is 10.2 Å². The quantitative estimate of drug-likeness (QED) is 0.809. The number of halogens is 2. The zero-order valence-electron chi connectivity index (χ0n) is 12.4. The maximum absolute atomic E-state index is 12.3. The molecule has 1 atom stereocenters. The lowest BCUT2D eigenvalue weighted by Crippen LogP contribution is -2.55. The number of aromatic nitrogens is 2. The van der Waals surface area contributed by atoms with E-state index in [4.69, 9.17) is 4.74 Å². The summed E-state index contributed by atoms with van der Waals surface area (Å²) in [6, 6.07) is 0. The van der Waals surface area contributed by atoms with Crippen molar-refractivity contribution in [2.45, 2.75) is 13.0 Å². The molecule has 3 heterocycles. The van der Waals surface area contributed by atoms with Gasteiger partial charge in [-0.15, -0.1) is 24.8 Å². The number of nitrogens with one attached hydrogen (secondary N) is 1. The van der Waals surface area contributed by atoms with Crippen LogP contribution in [0.2, 0.25) is 0 Å². The number of rotatable bonds is 2. The minimum absolute atomic E-state index is 0. The number of carbonyl (C=O) groups excluding carboxylic acids is 1. The molecule has 1 N–H and O–H groups in total. The van der Waals surface area contributed by atoms with Gasteiger partial charge in [0.25, 0.3) is 5.91 Å². The van der Waals surface area contributed by atoms with Gasteiger partial charge >= 0.3 is 0 Å². The second kappa shape index (κ2) is 8.83. The van der Waals surface area contributed by atoms with E-state index >= 15 is 0 Å². The lowest BCUT2D eigenvalue weighted by atomic mass is 10.2. The van der Waals surface area contributed by atoms with Crippen LogP contribution in [0.15, 0.2) is 0 Å². The van der Waals surface area contributed by atoms with E-state index in [-0.39, 0.29) is 36.8 Å². The Kier molecular flexibility index (Phi) is 7.78. The predicted octanol–water partition coefficient (Wildman–Crippen LogP) is 0.327. The number of morpholine rings is 1. The third-order valence-corrected chi connectivity index (χ3v) is 4.45. The zero-order valence-corrected chi connectivity index (χ0v) is 14.8. The van der Waals surface area contributed by atoms with E-state index in [2.05, 4.69) is 19.6 Å². The number of carbonyl (C=O) groups is 1. The second-order valence-electron chi connectivity index (χ2n) is 5.00. The average Bonchev–Trinajstić information content (AvgIpc) is 2.94. The number of aryl methyl sites for hydroxylation is 1. The summed E-state index contributed by atoms with van der Waals surface area (Å²) in [5.74, 6) is 0.912. The van der Waals surface area contributed by atoms with Crippen molar-refractivity contribution in [1.29, 1.82) is 0 Å². The first-order chi connectivity index (χ1) is 9.74. The molecule has 22 heavy (non-hydrogen) atoms. The molecular formula is C12H21Cl2N5O2S. The number of piperazine rings is 1. The van der Waals surface area contributed by atoms with Crippen molar-refractivity contribution in [1.82, 2.24) is 19.6 Å². The molecule has 0 bridgehead atoms. The molecule has 0 spiro atoms. The van der Waals surface area contributed by atoms with E-state index in [9.17, 15) is 4.79 Å². The van der Waals surface area contributed by atoms with Gasteiger partial charge in [-0.25, -0.2) is 4.98 Å². The summed E-state index contributed by atoms with van der Waals surface area (Å²) in [6.07, 6.45) is -0.320. The Morgan fingerprint density at radius 1 is 1.32 bits per heavy atom. The van der Waals surface area contributed by atoms with Crippen LogP contribution in [-0.2, 0) is 9.53 Å². The molecule has 2 saturated heterocycles. The topological polar surface area (TPSA) is 70.6 Å². The molecule has 0 radical (unpaired) electrons. The lowest BCUT2D eigenvalue weighted by Gasteiger charge is -2.36. The van der Waals surface area contributed by atoms with Crippen molar-refractivity contribution in [3.05, 3.63) is 5.82 Å². The summed E-state index contributed by atoms with van der Waals surface area (Å²) < 4.78 is 9.72. The van der Waals surface area contributed by atoms with Crippen LogP contribution in [0.3, 0.4) is 0 Å². The molecule has 2 aliphatic heterocycles. The highest BCUT2D eigenvalue weighted by Crippen LogP contribution is 2.19. The summed E-state index contributed by atoms with van der Waals surface area (Å²) in [5, 5.41) is 4.14. The standard InChI is InChI=1S/C12H19N5O2S.2ClH/c1-9-14-12(20-15-9)17-5-3-16(4-6-17)11(18)10-8-13-2-7-19-10;;/h10,13H,2-8H2,1H3;2*1H. The molecule has 0 saturated carbocycles. The Balaban J connectivity index is 0.00000121.